The van der Waals surface area contributed by atoms with Gasteiger partial charge in [-0.1, -0.05) is 74.9 Å². The van der Waals surface area contributed by atoms with Crippen LogP contribution in [0.1, 0.15) is 93.4 Å². The fourth-order valence-electron chi connectivity index (χ4n) is 4.34. The molecule has 30 heavy (non-hydrogen) atoms. The van der Waals surface area contributed by atoms with Crippen LogP contribution in [0.3, 0.4) is 0 Å². The highest BCUT2D eigenvalue weighted by Crippen LogP contribution is 2.38. The molecular formula is C28H32F2. The highest BCUT2D eigenvalue weighted by molar-refractivity contribution is 5.83. The van der Waals surface area contributed by atoms with Crippen LogP contribution in [0.25, 0.3) is 11.7 Å². The van der Waals surface area contributed by atoms with Gasteiger partial charge in [0.2, 0.25) is 0 Å². The second kappa shape index (κ2) is 11.1. The van der Waals surface area contributed by atoms with Gasteiger partial charge < -0.3 is 0 Å². The lowest BCUT2D eigenvalue weighted by atomic mass is 9.77. The molecule has 3 rings (SSSR count). The zero-order chi connectivity index (χ0) is 21.3. The third-order valence-electron chi connectivity index (χ3n) is 6.12. The Morgan fingerprint density at radius 3 is 1.90 bits per heavy atom. The Morgan fingerprint density at radius 1 is 0.800 bits per heavy atom. The minimum Gasteiger partial charge on any atom is -0.203 e. The molecule has 2 aromatic rings. The number of benzene rings is 2. The van der Waals surface area contributed by atoms with Crippen molar-refractivity contribution in [1.82, 2.24) is 0 Å². The van der Waals surface area contributed by atoms with E-state index >= 15 is 0 Å². The van der Waals surface area contributed by atoms with E-state index in [1.54, 1.807) is 36.4 Å². The van der Waals surface area contributed by atoms with Gasteiger partial charge >= 0.3 is 0 Å². The Labute approximate surface area is 180 Å². The van der Waals surface area contributed by atoms with Gasteiger partial charge in [-0.3, -0.25) is 0 Å². The van der Waals surface area contributed by atoms with Crippen LogP contribution in [0.5, 0.6) is 0 Å². The van der Waals surface area contributed by atoms with Gasteiger partial charge in [-0.2, -0.15) is 0 Å². The van der Waals surface area contributed by atoms with E-state index < -0.39 is 11.7 Å². The molecule has 0 bridgehead atoms. The van der Waals surface area contributed by atoms with Crippen molar-refractivity contribution >= 4 is 11.7 Å². The molecule has 0 nitrogen and oxygen atoms in total. The van der Waals surface area contributed by atoms with Gasteiger partial charge in [-0.25, -0.2) is 8.78 Å². The van der Waals surface area contributed by atoms with Crippen molar-refractivity contribution in [3.63, 3.8) is 0 Å². The first kappa shape index (κ1) is 22.3. The summed E-state index contributed by atoms with van der Waals surface area (Å²) in [5, 5.41) is 0. The van der Waals surface area contributed by atoms with Crippen LogP contribution in [-0.4, -0.2) is 0 Å². The van der Waals surface area contributed by atoms with Crippen LogP contribution in [0.4, 0.5) is 8.78 Å². The summed E-state index contributed by atoms with van der Waals surface area (Å²) in [6.07, 6.45) is 9.38. The van der Waals surface area contributed by atoms with E-state index in [-0.39, 0.29) is 5.56 Å². The first-order valence-electron chi connectivity index (χ1n) is 11.4. The van der Waals surface area contributed by atoms with E-state index in [4.69, 9.17) is 0 Å². The number of hydrogen-bond acceptors (Lipinski definition) is 0. The quantitative estimate of drug-likeness (QED) is 0.332. The molecule has 0 amide bonds. The second-order valence-electron chi connectivity index (χ2n) is 8.39. The SMILES string of the molecule is CCCC#Cc1ccc(/C(F)=C(/F)c2ccc(C3CCC(CCC)CC3)cc2)cc1. The zero-order valence-electron chi connectivity index (χ0n) is 18.2. The van der Waals surface area contributed by atoms with E-state index in [0.717, 1.165) is 24.3 Å². The lowest BCUT2D eigenvalue weighted by Crippen LogP contribution is -2.13. The van der Waals surface area contributed by atoms with Gasteiger partial charge in [0.1, 0.15) is 0 Å². The summed E-state index contributed by atoms with van der Waals surface area (Å²) in [5.74, 6) is 5.88. The molecule has 0 aliphatic heterocycles. The summed E-state index contributed by atoms with van der Waals surface area (Å²) < 4.78 is 29.4. The monoisotopic (exact) mass is 406 g/mol. The third kappa shape index (κ3) is 5.82. The van der Waals surface area contributed by atoms with Crippen LogP contribution in [0, 0.1) is 17.8 Å². The summed E-state index contributed by atoms with van der Waals surface area (Å²) in [6.45, 7) is 4.33. The average Bonchev–Trinajstić information content (AvgIpc) is 2.80. The fourth-order valence-corrected chi connectivity index (χ4v) is 4.34. The molecule has 1 aliphatic rings. The molecule has 1 fully saturated rings. The molecule has 0 spiro atoms. The standard InChI is InChI=1S/C28H32F2/c1-3-5-6-8-22-11-15-25(16-12-22)27(29)28(30)26-19-17-24(18-20-26)23-13-9-21(7-4-2)10-14-23/h11-12,15-21,23H,3-5,7,9-10,13-14H2,1-2H3/b28-27-. The fraction of sp³-hybridized carbons (Fsp3) is 0.429. The first-order chi connectivity index (χ1) is 14.6. The topological polar surface area (TPSA) is 0 Å². The van der Waals surface area contributed by atoms with E-state index in [1.807, 2.05) is 12.1 Å². The summed E-state index contributed by atoms with van der Waals surface area (Å²) in [6, 6.07) is 14.0. The molecule has 1 saturated carbocycles. The maximum Gasteiger partial charge on any atom is 0.166 e. The first-order valence-corrected chi connectivity index (χ1v) is 11.4. The van der Waals surface area contributed by atoms with Crippen molar-refractivity contribution < 1.29 is 8.78 Å². The Balaban J connectivity index is 1.68. The van der Waals surface area contributed by atoms with Gasteiger partial charge in [0.15, 0.2) is 11.7 Å². The minimum absolute atomic E-state index is 0.242. The molecule has 0 heterocycles. The normalized spacial score (nSPS) is 19.6. The van der Waals surface area contributed by atoms with Gasteiger partial charge in [0.25, 0.3) is 0 Å². The van der Waals surface area contributed by atoms with Crippen molar-refractivity contribution in [2.75, 3.05) is 0 Å². The Morgan fingerprint density at radius 2 is 1.37 bits per heavy atom. The molecular weight excluding hydrogens is 374 g/mol. The Bertz CT molecular complexity index is 886. The molecule has 0 unspecified atom stereocenters. The lowest BCUT2D eigenvalue weighted by Gasteiger charge is -2.28. The van der Waals surface area contributed by atoms with Gasteiger partial charge in [-0.15, -0.1) is 0 Å². The van der Waals surface area contributed by atoms with Gasteiger partial charge in [0.05, 0.1) is 0 Å². The molecule has 0 radical (unpaired) electrons. The largest absolute Gasteiger partial charge is 0.203 e. The molecule has 0 aromatic heterocycles. The van der Waals surface area contributed by atoms with Crippen LogP contribution in [0.2, 0.25) is 0 Å². The minimum atomic E-state index is -0.823. The van der Waals surface area contributed by atoms with E-state index in [2.05, 4.69) is 25.7 Å². The second-order valence-corrected chi connectivity index (χ2v) is 8.39. The summed E-state index contributed by atoms with van der Waals surface area (Å²) in [4.78, 5) is 0. The number of hydrogen-bond donors (Lipinski definition) is 0. The highest BCUT2D eigenvalue weighted by Gasteiger charge is 2.22. The van der Waals surface area contributed by atoms with Crippen molar-refractivity contribution in [3.8, 4) is 11.8 Å². The third-order valence-corrected chi connectivity index (χ3v) is 6.12. The number of halogens is 2. The summed E-state index contributed by atoms with van der Waals surface area (Å²) in [7, 11) is 0. The van der Waals surface area contributed by atoms with Gasteiger partial charge in [-0.05, 0) is 61.6 Å². The van der Waals surface area contributed by atoms with E-state index in [0.29, 0.717) is 11.5 Å². The molecule has 2 heteroatoms. The van der Waals surface area contributed by atoms with E-state index in [1.165, 1.54) is 44.1 Å². The average molecular weight is 407 g/mol. The Kier molecular flexibility index (Phi) is 8.26. The van der Waals surface area contributed by atoms with Crippen molar-refractivity contribution in [1.29, 1.82) is 0 Å². The molecule has 1 aliphatic carbocycles. The van der Waals surface area contributed by atoms with E-state index in [9.17, 15) is 8.78 Å². The summed E-state index contributed by atoms with van der Waals surface area (Å²) >= 11 is 0. The van der Waals surface area contributed by atoms with Gasteiger partial charge in [0, 0.05) is 23.1 Å². The highest BCUT2D eigenvalue weighted by atomic mass is 19.2. The zero-order valence-corrected chi connectivity index (χ0v) is 18.2. The number of rotatable bonds is 6. The van der Waals surface area contributed by atoms with Crippen molar-refractivity contribution in [2.24, 2.45) is 5.92 Å². The maximum absolute atomic E-state index is 14.8. The molecule has 158 valence electrons. The maximum atomic E-state index is 14.8. The molecule has 0 saturated heterocycles. The van der Waals surface area contributed by atoms with Crippen molar-refractivity contribution in [2.45, 2.75) is 71.1 Å². The molecule has 2 aromatic carbocycles. The predicted octanol–water partition coefficient (Wildman–Crippen LogP) is 8.68. The van der Waals surface area contributed by atoms with Crippen LogP contribution in [0.15, 0.2) is 48.5 Å². The van der Waals surface area contributed by atoms with Crippen molar-refractivity contribution in [3.05, 3.63) is 70.8 Å². The smallest absolute Gasteiger partial charge is 0.166 e. The molecule has 0 atom stereocenters. The molecule has 0 N–H and O–H groups in total. The predicted molar refractivity (Wildman–Crippen MR) is 123 cm³/mol. The van der Waals surface area contributed by atoms with Crippen LogP contribution < -0.4 is 0 Å². The lowest BCUT2D eigenvalue weighted by molar-refractivity contribution is 0.308. The van der Waals surface area contributed by atoms with Crippen LogP contribution >= 0.6 is 0 Å². The Hall–Kier alpha value is -2.40. The summed E-state index contributed by atoms with van der Waals surface area (Å²) in [5.41, 5.74) is 2.60. The van der Waals surface area contributed by atoms with Crippen LogP contribution in [-0.2, 0) is 0 Å². The number of unbranched alkanes of at least 4 members (excludes halogenated alkanes) is 1.